The van der Waals surface area contributed by atoms with Crippen LogP contribution in [0.1, 0.15) is 30.4 Å². The van der Waals surface area contributed by atoms with Crippen molar-refractivity contribution < 1.29 is 0 Å². The van der Waals surface area contributed by atoms with Gasteiger partial charge in [0, 0.05) is 10.0 Å². The van der Waals surface area contributed by atoms with Crippen LogP contribution in [0.2, 0.25) is 0 Å². The summed E-state index contributed by atoms with van der Waals surface area (Å²) in [5.74, 6) is 0. The van der Waals surface area contributed by atoms with Crippen molar-refractivity contribution in [3.05, 3.63) is 33.8 Å². The second-order valence-electron chi connectivity index (χ2n) is 4.41. The van der Waals surface area contributed by atoms with Crippen molar-refractivity contribution in [3.63, 3.8) is 0 Å². The highest BCUT2D eigenvalue weighted by molar-refractivity contribution is 9.10. The van der Waals surface area contributed by atoms with Crippen molar-refractivity contribution in [2.45, 2.75) is 31.2 Å². The van der Waals surface area contributed by atoms with Gasteiger partial charge in [0.05, 0.1) is 0 Å². The van der Waals surface area contributed by atoms with E-state index in [9.17, 15) is 0 Å². The Morgan fingerprint density at radius 3 is 3.00 bits per heavy atom. The highest BCUT2D eigenvalue weighted by Gasteiger charge is 2.40. The number of fused-ring (bicyclic) bond motifs is 2. The third-order valence-corrected chi connectivity index (χ3v) is 4.15. The fourth-order valence-electron chi connectivity index (χ4n) is 2.94. The number of aryl methyl sites for hydroxylation is 1. The van der Waals surface area contributed by atoms with Gasteiger partial charge in [-0.15, -0.1) is 0 Å². The van der Waals surface area contributed by atoms with Crippen LogP contribution < -0.4 is 5.32 Å². The second kappa shape index (κ2) is 3.07. The molecule has 1 aromatic rings. The predicted octanol–water partition coefficient (Wildman–Crippen LogP) is 2.97. The first-order valence-electron chi connectivity index (χ1n) is 5.34. The van der Waals surface area contributed by atoms with Gasteiger partial charge < -0.3 is 5.32 Å². The van der Waals surface area contributed by atoms with Crippen molar-refractivity contribution in [1.29, 1.82) is 0 Å². The molecule has 0 radical (unpaired) electrons. The largest absolute Gasteiger partial charge is 0.307 e. The molecule has 0 saturated carbocycles. The van der Waals surface area contributed by atoms with E-state index in [-0.39, 0.29) is 0 Å². The summed E-state index contributed by atoms with van der Waals surface area (Å²) in [6.45, 7) is 1.19. The molecule has 1 aliphatic heterocycles. The monoisotopic (exact) mass is 251 g/mol. The average Bonchev–Trinajstić information content (AvgIpc) is 2.77. The summed E-state index contributed by atoms with van der Waals surface area (Å²) in [7, 11) is 0. The Morgan fingerprint density at radius 1 is 1.29 bits per heavy atom. The molecule has 1 N–H and O–H groups in total. The van der Waals surface area contributed by atoms with Crippen LogP contribution in [0.3, 0.4) is 0 Å². The lowest BCUT2D eigenvalue weighted by Gasteiger charge is -2.25. The molecule has 1 heterocycles. The molecule has 0 unspecified atom stereocenters. The molecule has 0 amide bonds. The number of rotatable bonds is 0. The first-order chi connectivity index (χ1) is 6.80. The maximum atomic E-state index is 3.69. The van der Waals surface area contributed by atoms with Gasteiger partial charge in [-0.25, -0.2) is 0 Å². The topological polar surface area (TPSA) is 12.0 Å². The van der Waals surface area contributed by atoms with Crippen molar-refractivity contribution in [2.24, 2.45) is 0 Å². The molecule has 74 valence electrons. The van der Waals surface area contributed by atoms with Crippen molar-refractivity contribution in [3.8, 4) is 0 Å². The number of nitrogens with one attached hydrogen (secondary N) is 1. The Bertz CT molecular complexity index is 367. The number of hydrogen-bond acceptors (Lipinski definition) is 1. The highest BCUT2D eigenvalue weighted by atomic mass is 79.9. The summed E-state index contributed by atoms with van der Waals surface area (Å²) >= 11 is 3.57. The first kappa shape index (κ1) is 8.93. The van der Waals surface area contributed by atoms with Crippen molar-refractivity contribution in [2.75, 3.05) is 6.54 Å². The van der Waals surface area contributed by atoms with E-state index in [1.165, 1.54) is 36.7 Å². The fraction of sp³-hybridized carbons (Fsp3) is 0.500. The summed E-state index contributed by atoms with van der Waals surface area (Å²) in [6, 6.07) is 6.74. The lowest BCUT2D eigenvalue weighted by molar-refractivity contribution is 0.389. The molecule has 1 aliphatic carbocycles. The van der Waals surface area contributed by atoms with E-state index < -0.39 is 0 Å². The Hall–Kier alpha value is -0.340. The zero-order chi connectivity index (χ0) is 9.60. The molecular formula is C12H14BrN. The van der Waals surface area contributed by atoms with Crippen molar-refractivity contribution >= 4 is 15.9 Å². The van der Waals surface area contributed by atoms with Gasteiger partial charge in [0.2, 0.25) is 0 Å². The minimum atomic E-state index is 0.332. The minimum Gasteiger partial charge on any atom is -0.307 e. The van der Waals surface area contributed by atoms with Crippen LogP contribution in [0.25, 0.3) is 0 Å². The third-order valence-electron chi connectivity index (χ3n) is 3.65. The van der Waals surface area contributed by atoms with Gasteiger partial charge in [0.15, 0.2) is 0 Å². The van der Waals surface area contributed by atoms with Crippen LogP contribution in [-0.2, 0) is 12.0 Å². The fourth-order valence-corrected chi connectivity index (χ4v) is 3.31. The van der Waals surface area contributed by atoms with Gasteiger partial charge in [0.1, 0.15) is 0 Å². The van der Waals surface area contributed by atoms with Gasteiger partial charge in [-0.2, -0.15) is 0 Å². The van der Waals surface area contributed by atoms with Crippen molar-refractivity contribution in [1.82, 2.24) is 5.32 Å². The molecule has 1 nitrogen and oxygen atoms in total. The van der Waals surface area contributed by atoms with E-state index in [2.05, 4.69) is 39.4 Å². The number of benzene rings is 1. The second-order valence-corrected chi connectivity index (χ2v) is 5.33. The van der Waals surface area contributed by atoms with Crippen LogP contribution in [0.4, 0.5) is 0 Å². The summed E-state index contributed by atoms with van der Waals surface area (Å²) < 4.78 is 1.21. The average molecular weight is 252 g/mol. The highest BCUT2D eigenvalue weighted by Crippen LogP contribution is 2.43. The lowest BCUT2D eigenvalue weighted by Crippen LogP contribution is -2.34. The smallest absolute Gasteiger partial charge is 0.0441 e. The Labute approximate surface area is 93.0 Å². The van der Waals surface area contributed by atoms with Crippen LogP contribution in [0.15, 0.2) is 22.7 Å². The van der Waals surface area contributed by atoms with Gasteiger partial charge in [0.25, 0.3) is 0 Å². The zero-order valence-electron chi connectivity index (χ0n) is 8.15. The Kier molecular flexibility index (Phi) is 1.96. The molecular weight excluding hydrogens is 238 g/mol. The van der Waals surface area contributed by atoms with Gasteiger partial charge >= 0.3 is 0 Å². The van der Waals surface area contributed by atoms with E-state index in [0.29, 0.717) is 5.54 Å². The van der Waals surface area contributed by atoms with E-state index >= 15 is 0 Å². The van der Waals surface area contributed by atoms with E-state index in [0.717, 1.165) is 0 Å². The molecule has 2 aliphatic rings. The van der Waals surface area contributed by atoms with Gasteiger partial charge in [-0.3, -0.25) is 0 Å². The van der Waals surface area contributed by atoms with Crippen LogP contribution >= 0.6 is 15.9 Å². The molecule has 3 rings (SSSR count). The van der Waals surface area contributed by atoms with E-state index in [1.54, 1.807) is 11.1 Å². The van der Waals surface area contributed by atoms with Crippen LogP contribution in [-0.4, -0.2) is 6.54 Å². The molecule has 0 bridgehead atoms. The summed E-state index contributed by atoms with van der Waals surface area (Å²) in [5.41, 5.74) is 3.42. The summed E-state index contributed by atoms with van der Waals surface area (Å²) in [6.07, 6.45) is 5.18. The summed E-state index contributed by atoms with van der Waals surface area (Å²) in [5, 5.41) is 3.69. The molecule has 1 fully saturated rings. The van der Waals surface area contributed by atoms with E-state index in [1.807, 2.05) is 0 Å². The standard InChI is InChI=1S/C12H14BrN/c13-10-3-2-9-4-6-12(11(9)8-10)5-1-7-14-12/h2-3,8,14H,1,4-7H2/t12-/m0/s1. The molecule has 14 heavy (non-hydrogen) atoms. The number of hydrogen-bond donors (Lipinski definition) is 1. The quantitative estimate of drug-likeness (QED) is 0.748. The predicted molar refractivity (Wildman–Crippen MR) is 61.4 cm³/mol. The molecule has 1 aromatic carbocycles. The molecule has 2 heteroatoms. The van der Waals surface area contributed by atoms with Crippen LogP contribution in [0, 0.1) is 0 Å². The zero-order valence-corrected chi connectivity index (χ0v) is 9.73. The molecule has 1 atom stereocenters. The molecule has 0 aromatic heterocycles. The Morgan fingerprint density at radius 2 is 2.21 bits per heavy atom. The Balaban J connectivity index is 2.12. The van der Waals surface area contributed by atoms with Gasteiger partial charge in [-0.1, -0.05) is 22.0 Å². The minimum absolute atomic E-state index is 0.332. The summed E-state index contributed by atoms with van der Waals surface area (Å²) in [4.78, 5) is 0. The third kappa shape index (κ3) is 1.17. The normalized spacial score (nSPS) is 29.8. The van der Waals surface area contributed by atoms with Gasteiger partial charge in [-0.05, 0) is 55.5 Å². The van der Waals surface area contributed by atoms with Crippen LogP contribution in [0.5, 0.6) is 0 Å². The first-order valence-corrected chi connectivity index (χ1v) is 6.13. The lowest BCUT2D eigenvalue weighted by atomic mass is 9.90. The maximum Gasteiger partial charge on any atom is 0.0441 e. The number of halogens is 1. The SMILES string of the molecule is Brc1ccc2c(c1)[C@]1(CCCN1)CC2. The van der Waals surface area contributed by atoms with E-state index in [4.69, 9.17) is 0 Å². The maximum absolute atomic E-state index is 3.69. The molecule has 1 spiro atoms. The molecule has 1 saturated heterocycles.